The molecule has 0 aromatic carbocycles. The lowest BCUT2D eigenvalue weighted by molar-refractivity contribution is -0.274. The molecule has 1 saturated heterocycles. The van der Waals surface area contributed by atoms with Gasteiger partial charge in [0.1, 0.15) is 6.04 Å². The molecule has 1 aliphatic heterocycles. The maximum atomic E-state index is 11.2. The van der Waals surface area contributed by atoms with Crippen molar-refractivity contribution in [3.63, 3.8) is 0 Å². The minimum Gasteiger partial charge on any atom is -0.480 e. The number of nitrogens with one attached hydrogen (secondary N) is 1. The molecule has 122 valence electrons. The van der Waals surface area contributed by atoms with Crippen LogP contribution in [0.2, 0.25) is 0 Å². The van der Waals surface area contributed by atoms with Gasteiger partial charge in [0.2, 0.25) is 0 Å². The van der Waals surface area contributed by atoms with E-state index in [1.807, 2.05) is 0 Å². The second kappa shape index (κ2) is 8.84. The number of unbranched alkanes of at least 4 members (excludes halogenated alkanes) is 1. The van der Waals surface area contributed by atoms with Gasteiger partial charge in [-0.15, -0.1) is 0 Å². The van der Waals surface area contributed by atoms with E-state index in [0.29, 0.717) is 19.6 Å². The molecular weight excluding hydrogens is 278 g/mol. The zero-order valence-corrected chi connectivity index (χ0v) is 12.7. The maximum absolute atomic E-state index is 11.2. The summed E-state index contributed by atoms with van der Waals surface area (Å²) in [4.78, 5) is 22.4. The lowest BCUT2D eigenvalue weighted by Crippen LogP contribution is -2.45. The number of hydrogen-bond donors (Lipinski definition) is 2. The topological polar surface area (TPSA) is 94.1 Å². The summed E-state index contributed by atoms with van der Waals surface area (Å²) < 4.78 is 16.0. The number of hydrogen-bond acceptors (Lipinski definition) is 5. The Kier molecular flexibility index (Phi) is 7.45. The summed E-state index contributed by atoms with van der Waals surface area (Å²) in [5.41, 5.74) is 0. The van der Waals surface area contributed by atoms with Crippen LogP contribution in [-0.2, 0) is 19.0 Å². The lowest BCUT2D eigenvalue weighted by atomic mass is 9.99. The fraction of sp³-hybridized carbons (Fsp3) is 0.857. The molecule has 1 heterocycles. The number of aliphatic carboxylic acids is 1. The van der Waals surface area contributed by atoms with Crippen molar-refractivity contribution in [2.24, 2.45) is 0 Å². The van der Waals surface area contributed by atoms with Gasteiger partial charge in [0.15, 0.2) is 5.79 Å². The monoisotopic (exact) mass is 303 g/mol. The van der Waals surface area contributed by atoms with Crippen molar-refractivity contribution in [2.45, 2.75) is 57.3 Å². The van der Waals surface area contributed by atoms with Crippen molar-refractivity contribution in [1.29, 1.82) is 0 Å². The number of carboxylic acid groups (broad SMARTS) is 1. The smallest absolute Gasteiger partial charge is 0.407 e. The Labute approximate surface area is 124 Å². The number of amides is 1. The fourth-order valence-electron chi connectivity index (χ4n) is 2.30. The third kappa shape index (κ3) is 5.89. The van der Waals surface area contributed by atoms with Crippen LogP contribution in [0.1, 0.15) is 45.4 Å². The summed E-state index contributed by atoms with van der Waals surface area (Å²) in [5, 5.41) is 11.5. The number of ether oxygens (including phenoxy) is 3. The zero-order chi connectivity index (χ0) is 15.7. The van der Waals surface area contributed by atoms with Gasteiger partial charge in [-0.25, -0.2) is 9.59 Å². The van der Waals surface area contributed by atoms with Crippen molar-refractivity contribution in [2.75, 3.05) is 20.3 Å². The van der Waals surface area contributed by atoms with Crippen LogP contribution < -0.4 is 5.32 Å². The first-order valence-corrected chi connectivity index (χ1v) is 7.38. The Morgan fingerprint density at radius 3 is 2.52 bits per heavy atom. The molecule has 0 bridgehead atoms. The average molecular weight is 303 g/mol. The highest BCUT2D eigenvalue weighted by atomic mass is 16.7. The van der Waals surface area contributed by atoms with Crippen LogP contribution >= 0.6 is 0 Å². The standard InChI is InChI=1S/C14H25NO6/c1-3-4-7-14(20-9-5-10-21-14)8-6-11(12(16)17)15-13(18)19-2/h11H,3-10H2,1-2H3,(H,15,18)(H,16,17)/t11-/m1/s1. The number of methoxy groups -OCH3 is 1. The van der Waals surface area contributed by atoms with Crippen LogP contribution in [0.4, 0.5) is 4.79 Å². The van der Waals surface area contributed by atoms with E-state index in [9.17, 15) is 9.59 Å². The van der Waals surface area contributed by atoms with Gasteiger partial charge in [0.05, 0.1) is 20.3 Å². The van der Waals surface area contributed by atoms with Gasteiger partial charge in [0.25, 0.3) is 0 Å². The highest BCUT2D eigenvalue weighted by Gasteiger charge is 2.35. The van der Waals surface area contributed by atoms with Gasteiger partial charge < -0.3 is 24.6 Å². The molecule has 0 spiro atoms. The Hall–Kier alpha value is -1.34. The van der Waals surface area contributed by atoms with Crippen LogP contribution in [0.3, 0.4) is 0 Å². The van der Waals surface area contributed by atoms with Gasteiger partial charge in [-0.2, -0.15) is 0 Å². The van der Waals surface area contributed by atoms with Gasteiger partial charge in [0, 0.05) is 12.8 Å². The molecule has 0 radical (unpaired) electrons. The summed E-state index contributed by atoms with van der Waals surface area (Å²) in [6.07, 6.45) is 3.43. The van der Waals surface area contributed by atoms with Crippen LogP contribution in [-0.4, -0.2) is 49.3 Å². The molecule has 0 aliphatic carbocycles. The normalized spacial score (nSPS) is 18.8. The van der Waals surface area contributed by atoms with E-state index in [-0.39, 0.29) is 6.42 Å². The number of carbonyl (C=O) groups excluding carboxylic acids is 1. The van der Waals surface area contributed by atoms with Crippen LogP contribution in [0.5, 0.6) is 0 Å². The molecule has 0 saturated carbocycles. The predicted octanol–water partition coefficient (Wildman–Crippen LogP) is 1.90. The van der Waals surface area contributed by atoms with E-state index < -0.39 is 23.9 Å². The van der Waals surface area contributed by atoms with Gasteiger partial charge in [-0.05, 0) is 19.3 Å². The summed E-state index contributed by atoms with van der Waals surface area (Å²) in [6.45, 7) is 3.31. The highest BCUT2D eigenvalue weighted by molar-refractivity contribution is 5.79. The molecule has 2 N–H and O–H groups in total. The van der Waals surface area contributed by atoms with Crippen molar-refractivity contribution >= 4 is 12.1 Å². The first-order valence-electron chi connectivity index (χ1n) is 7.38. The first-order chi connectivity index (χ1) is 10.0. The van der Waals surface area contributed by atoms with E-state index in [0.717, 1.165) is 25.7 Å². The molecule has 1 atom stereocenters. The highest BCUT2D eigenvalue weighted by Crippen LogP contribution is 2.30. The van der Waals surface area contributed by atoms with Crippen LogP contribution in [0, 0.1) is 0 Å². The number of alkyl carbamates (subject to hydrolysis) is 1. The molecule has 0 aromatic heterocycles. The van der Waals surface area contributed by atoms with E-state index >= 15 is 0 Å². The van der Waals surface area contributed by atoms with E-state index in [1.165, 1.54) is 7.11 Å². The fourth-order valence-corrected chi connectivity index (χ4v) is 2.30. The number of rotatable bonds is 8. The molecule has 1 rings (SSSR count). The second-order valence-electron chi connectivity index (χ2n) is 5.13. The molecule has 0 unspecified atom stereocenters. The SMILES string of the molecule is CCCCC1(CC[C@@H](NC(=O)OC)C(=O)O)OCCCO1. The lowest BCUT2D eigenvalue weighted by Gasteiger charge is -2.38. The summed E-state index contributed by atoms with van der Waals surface area (Å²) in [5.74, 6) is -1.82. The van der Waals surface area contributed by atoms with Crippen LogP contribution in [0.25, 0.3) is 0 Å². The molecule has 1 fully saturated rings. The Morgan fingerprint density at radius 2 is 2.00 bits per heavy atom. The van der Waals surface area contributed by atoms with Crippen molar-refractivity contribution < 1.29 is 28.9 Å². The number of carboxylic acids is 1. The molecule has 0 aromatic rings. The zero-order valence-electron chi connectivity index (χ0n) is 12.7. The molecule has 7 nitrogen and oxygen atoms in total. The molecule has 7 heteroatoms. The molecule has 1 aliphatic rings. The van der Waals surface area contributed by atoms with E-state index in [1.54, 1.807) is 0 Å². The summed E-state index contributed by atoms with van der Waals surface area (Å²) in [7, 11) is 1.20. The minimum absolute atomic E-state index is 0.230. The van der Waals surface area contributed by atoms with Gasteiger partial charge >= 0.3 is 12.1 Å². The summed E-state index contributed by atoms with van der Waals surface area (Å²) in [6, 6.07) is -1.01. The van der Waals surface area contributed by atoms with Crippen LogP contribution in [0.15, 0.2) is 0 Å². The minimum atomic E-state index is -1.10. The molecule has 1 amide bonds. The van der Waals surface area contributed by atoms with Crippen molar-refractivity contribution in [3.05, 3.63) is 0 Å². The third-order valence-electron chi connectivity index (χ3n) is 3.52. The predicted molar refractivity (Wildman–Crippen MR) is 75.0 cm³/mol. The Balaban J connectivity index is 2.59. The average Bonchev–Trinajstić information content (AvgIpc) is 2.50. The van der Waals surface area contributed by atoms with E-state index in [2.05, 4.69) is 17.0 Å². The Morgan fingerprint density at radius 1 is 1.33 bits per heavy atom. The first kappa shape index (κ1) is 17.7. The van der Waals surface area contributed by atoms with Gasteiger partial charge in [-0.3, -0.25) is 0 Å². The molecular formula is C14H25NO6. The second-order valence-corrected chi connectivity index (χ2v) is 5.13. The number of carbonyl (C=O) groups is 2. The Bertz CT molecular complexity index is 340. The molecule has 21 heavy (non-hydrogen) atoms. The maximum Gasteiger partial charge on any atom is 0.407 e. The third-order valence-corrected chi connectivity index (χ3v) is 3.52. The van der Waals surface area contributed by atoms with Crippen molar-refractivity contribution in [1.82, 2.24) is 5.32 Å². The van der Waals surface area contributed by atoms with Crippen molar-refractivity contribution in [3.8, 4) is 0 Å². The van der Waals surface area contributed by atoms with E-state index in [4.69, 9.17) is 14.6 Å². The quantitative estimate of drug-likeness (QED) is 0.711. The van der Waals surface area contributed by atoms with Gasteiger partial charge in [-0.1, -0.05) is 13.3 Å². The largest absolute Gasteiger partial charge is 0.480 e. The summed E-state index contributed by atoms with van der Waals surface area (Å²) >= 11 is 0.